The molecule has 1 amide bonds. The minimum absolute atomic E-state index is 0.100. The Hall–Kier alpha value is -3.43. The Labute approximate surface area is 181 Å². The van der Waals surface area contributed by atoms with E-state index in [0.29, 0.717) is 29.7 Å². The third-order valence-corrected chi connectivity index (χ3v) is 6.17. The van der Waals surface area contributed by atoms with Crippen molar-refractivity contribution in [2.45, 2.75) is 38.0 Å². The van der Waals surface area contributed by atoms with Crippen molar-refractivity contribution in [3.8, 4) is 11.5 Å². The molecule has 5 rings (SSSR count). The number of likely N-dealkylation sites (tertiary alicyclic amines) is 1. The van der Waals surface area contributed by atoms with Crippen LogP contribution in [0.3, 0.4) is 0 Å². The van der Waals surface area contributed by atoms with Gasteiger partial charge in [-0.3, -0.25) is 9.78 Å². The van der Waals surface area contributed by atoms with Gasteiger partial charge >= 0.3 is 6.18 Å². The summed E-state index contributed by atoms with van der Waals surface area (Å²) >= 11 is 0. The zero-order valence-corrected chi connectivity index (χ0v) is 17.1. The summed E-state index contributed by atoms with van der Waals surface area (Å²) < 4.78 is 43.8. The van der Waals surface area contributed by atoms with Crippen LogP contribution in [0.2, 0.25) is 0 Å². The quantitative estimate of drug-likeness (QED) is 0.652. The van der Waals surface area contributed by atoms with E-state index in [4.69, 9.17) is 4.42 Å². The normalized spacial score (nSPS) is 22.4. The van der Waals surface area contributed by atoms with E-state index in [1.807, 2.05) is 6.92 Å². The number of pyridine rings is 2. The highest BCUT2D eigenvalue weighted by molar-refractivity contribution is 5.99. The first-order chi connectivity index (χ1) is 15.3. The Morgan fingerprint density at radius 2 is 2.00 bits per heavy atom. The van der Waals surface area contributed by atoms with Crippen LogP contribution < -0.4 is 5.32 Å². The average Bonchev–Trinajstić information content (AvgIpc) is 3.50. The van der Waals surface area contributed by atoms with E-state index in [0.717, 1.165) is 30.7 Å². The lowest BCUT2D eigenvalue weighted by atomic mass is 10.0. The molecule has 0 radical (unpaired) electrons. The van der Waals surface area contributed by atoms with Crippen LogP contribution in [0.4, 0.5) is 19.0 Å². The van der Waals surface area contributed by atoms with Crippen molar-refractivity contribution in [2.75, 3.05) is 11.9 Å². The lowest BCUT2D eigenvalue weighted by molar-refractivity contribution is -0.137. The maximum Gasteiger partial charge on any atom is 0.417 e. The lowest BCUT2D eigenvalue weighted by Gasteiger charge is -2.34. The number of piperidine rings is 1. The number of amides is 1. The van der Waals surface area contributed by atoms with Crippen LogP contribution >= 0.6 is 0 Å². The molecule has 3 aromatic heterocycles. The molecule has 1 aliphatic heterocycles. The van der Waals surface area contributed by atoms with Crippen molar-refractivity contribution in [2.24, 2.45) is 5.92 Å². The molecule has 2 fully saturated rings. The summed E-state index contributed by atoms with van der Waals surface area (Å²) in [6, 6.07) is 3.93. The second-order valence-corrected chi connectivity index (χ2v) is 8.23. The van der Waals surface area contributed by atoms with E-state index in [2.05, 4.69) is 20.3 Å². The zero-order chi connectivity index (χ0) is 22.5. The van der Waals surface area contributed by atoms with E-state index in [-0.39, 0.29) is 23.7 Å². The molecule has 166 valence electrons. The van der Waals surface area contributed by atoms with E-state index < -0.39 is 11.7 Å². The van der Waals surface area contributed by atoms with Crippen molar-refractivity contribution in [3.63, 3.8) is 0 Å². The maximum absolute atomic E-state index is 13.5. The number of carbonyl (C=O) groups excluding carboxylic acids is 1. The molecule has 7 nitrogen and oxygen atoms in total. The van der Waals surface area contributed by atoms with Gasteiger partial charge in [-0.15, -0.1) is 0 Å². The van der Waals surface area contributed by atoms with Gasteiger partial charge in [0.15, 0.2) is 0 Å². The first kappa shape index (κ1) is 20.5. The SMILES string of the molecule is Cc1ccnc(C(=O)N2C[C@@H]3C[C@@H](Nc4ccc(C(F)(F)F)cn4)[C@@H]2C3)c1-c1ncco1. The number of fused-ring (bicyclic) bond motifs is 2. The summed E-state index contributed by atoms with van der Waals surface area (Å²) in [5.41, 5.74) is 0.891. The predicted octanol–water partition coefficient (Wildman–Crippen LogP) is 4.17. The van der Waals surface area contributed by atoms with Crippen LogP contribution in [0.5, 0.6) is 0 Å². The van der Waals surface area contributed by atoms with Crippen LogP contribution in [0.25, 0.3) is 11.5 Å². The number of aromatic nitrogens is 3. The van der Waals surface area contributed by atoms with Gasteiger partial charge in [0.25, 0.3) is 5.91 Å². The molecule has 2 bridgehead atoms. The molecule has 1 N–H and O–H groups in total. The molecule has 10 heteroatoms. The maximum atomic E-state index is 13.5. The molecule has 2 aliphatic rings. The Bertz CT molecular complexity index is 1130. The summed E-state index contributed by atoms with van der Waals surface area (Å²) in [6.45, 7) is 2.48. The van der Waals surface area contributed by atoms with E-state index in [1.165, 1.54) is 18.5 Å². The van der Waals surface area contributed by atoms with E-state index in [9.17, 15) is 18.0 Å². The number of carbonyl (C=O) groups is 1. The zero-order valence-electron chi connectivity index (χ0n) is 17.1. The second kappa shape index (κ2) is 7.61. The Kier molecular flexibility index (Phi) is 4.87. The summed E-state index contributed by atoms with van der Waals surface area (Å²) in [7, 11) is 0. The average molecular weight is 443 g/mol. The highest BCUT2D eigenvalue weighted by Gasteiger charge is 2.48. The van der Waals surface area contributed by atoms with E-state index in [1.54, 1.807) is 17.2 Å². The van der Waals surface area contributed by atoms with Crippen LogP contribution in [-0.4, -0.2) is 44.4 Å². The number of alkyl halides is 3. The summed E-state index contributed by atoms with van der Waals surface area (Å²) in [5.74, 6) is 0.802. The van der Waals surface area contributed by atoms with Crippen molar-refractivity contribution < 1.29 is 22.4 Å². The van der Waals surface area contributed by atoms with Crippen molar-refractivity contribution in [1.82, 2.24) is 19.9 Å². The number of nitrogens with one attached hydrogen (secondary N) is 1. The van der Waals surface area contributed by atoms with Gasteiger partial charge < -0.3 is 14.6 Å². The number of oxazole rings is 1. The second-order valence-electron chi connectivity index (χ2n) is 8.23. The number of halogens is 3. The van der Waals surface area contributed by atoms with Gasteiger partial charge in [0.1, 0.15) is 17.8 Å². The molecule has 1 saturated heterocycles. The summed E-state index contributed by atoms with van der Waals surface area (Å²) in [4.78, 5) is 27.7. The molecular weight excluding hydrogens is 423 g/mol. The minimum Gasteiger partial charge on any atom is -0.444 e. The molecule has 3 atom stereocenters. The van der Waals surface area contributed by atoms with Gasteiger partial charge in [-0.1, -0.05) is 0 Å². The molecule has 3 aromatic rings. The number of rotatable bonds is 4. The fraction of sp³-hybridized carbons (Fsp3) is 0.364. The molecular formula is C22H20F3N5O2. The summed E-state index contributed by atoms with van der Waals surface area (Å²) in [5, 5.41) is 3.22. The topological polar surface area (TPSA) is 84.2 Å². The van der Waals surface area contributed by atoms with Gasteiger partial charge in [-0.25, -0.2) is 9.97 Å². The molecule has 0 unspecified atom stereocenters. The number of hydrogen-bond donors (Lipinski definition) is 1. The first-order valence-corrected chi connectivity index (χ1v) is 10.3. The standard InChI is InChI=1S/C22H20F3N5O2/c1-12-4-5-26-19(18(12)20-27-6-7-32-20)21(31)30-11-13-8-15(16(30)9-13)29-17-3-2-14(10-28-17)22(23,24)25/h2-7,10,13,15-16H,8-9,11H2,1H3,(H,28,29)/t13-,15-,16+/m1/s1. The monoisotopic (exact) mass is 443 g/mol. The van der Waals surface area contributed by atoms with Gasteiger partial charge in [0, 0.05) is 25.0 Å². The van der Waals surface area contributed by atoms with Crippen LogP contribution in [0.15, 0.2) is 47.5 Å². The third kappa shape index (κ3) is 3.59. The van der Waals surface area contributed by atoms with Crippen LogP contribution in [0, 0.1) is 12.8 Å². The van der Waals surface area contributed by atoms with Gasteiger partial charge in [0.2, 0.25) is 5.89 Å². The van der Waals surface area contributed by atoms with Crippen LogP contribution in [-0.2, 0) is 6.18 Å². The molecule has 4 heterocycles. The molecule has 1 aliphatic carbocycles. The number of aryl methyl sites for hydroxylation is 1. The molecule has 32 heavy (non-hydrogen) atoms. The number of anilines is 1. The van der Waals surface area contributed by atoms with Gasteiger partial charge in [-0.2, -0.15) is 13.2 Å². The highest BCUT2D eigenvalue weighted by atomic mass is 19.4. The molecule has 0 aromatic carbocycles. The molecule has 0 spiro atoms. The largest absolute Gasteiger partial charge is 0.444 e. The van der Waals surface area contributed by atoms with Crippen LogP contribution in [0.1, 0.15) is 34.5 Å². The van der Waals surface area contributed by atoms with Crippen molar-refractivity contribution in [1.29, 1.82) is 0 Å². The Morgan fingerprint density at radius 1 is 1.16 bits per heavy atom. The van der Waals surface area contributed by atoms with Gasteiger partial charge in [0.05, 0.1) is 23.4 Å². The predicted molar refractivity (Wildman–Crippen MR) is 109 cm³/mol. The van der Waals surface area contributed by atoms with Crippen molar-refractivity contribution in [3.05, 3.63) is 59.9 Å². The summed E-state index contributed by atoms with van der Waals surface area (Å²) in [6.07, 6.45) is 2.59. The van der Waals surface area contributed by atoms with Gasteiger partial charge in [-0.05, 0) is 49.4 Å². The fourth-order valence-corrected chi connectivity index (χ4v) is 4.72. The molecule has 1 saturated carbocycles. The number of hydrogen-bond acceptors (Lipinski definition) is 6. The highest BCUT2D eigenvalue weighted by Crippen LogP contribution is 2.40. The Balaban J connectivity index is 1.37. The lowest BCUT2D eigenvalue weighted by Crippen LogP contribution is -2.48. The smallest absolute Gasteiger partial charge is 0.417 e. The first-order valence-electron chi connectivity index (χ1n) is 10.3. The third-order valence-electron chi connectivity index (χ3n) is 6.17. The minimum atomic E-state index is -4.43. The van der Waals surface area contributed by atoms with Crippen molar-refractivity contribution >= 4 is 11.7 Å². The fourth-order valence-electron chi connectivity index (χ4n) is 4.72. The Morgan fingerprint density at radius 3 is 2.66 bits per heavy atom. The van der Waals surface area contributed by atoms with E-state index >= 15 is 0 Å². The number of nitrogens with zero attached hydrogens (tertiary/aromatic N) is 4.